The van der Waals surface area contributed by atoms with Crippen molar-refractivity contribution in [2.24, 2.45) is 5.92 Å². The van der Waals surface area contributed by atoms with Gasteiger partial charge in [-0.1, -0.05) is 13.8 Å². The Morgan fingerprint density at radius 1 is 1.28 bits per heavy atom. The Morgan fingerprint density at radius 3 is 2.67 bits per heavy atom. The number of aryl methyl sites for hydroxylation is 1. The molecule has 1 N–H and O–H groups in total. The summed E-state index contributed by atoms with van der Waals surface area (Å²) in [6.45, 7) is 10.1. The predicted octanol–water partition coefficient (Wildman–Crippen LogP) is 2.66. The van der Waals surface area contributed by atoms with Gasteiger partial charge in [-0.15, -0.1) is 0 Å². The molecule has 0 aliphatic carbocycles. The molecule has 1 aliphatic heterocycles. The fraction of sp³-hybridized carbons (Fsp3) is 0.733. The third-order valence-electron chi connectivity index (χ3n) is 3.85. The monoisotopic (exact) mass is 250 g/mol. The van der Waals surface area contributed by atoms with Gasteiger partial charge in [0.15, 0.2) is 0 Å². The minimum Gasteiger partial charge on any atom is -0.465 e. The first kappa shape index (κ1) is 13.6. The standard InChI is InChI=1S/C15H26N2O/c1-3-14-4-5-15(18-14)12-16-8-11-17-9-6-13(2)7-10-17/h4-5,13,16H,3,6-12H2,1-2H3. The molecule has 2 heterocycles. The van der Waals surface area contributed by atoms with E-state index in [2.05, 4.69) is 36.2 Å². The van der Waals surface area contributed by atoms with Gasteiger partial charge >= 0.3 is 0 Å². The van der Waals surface area contributed by atoms with Crippen LogP contribution in [-0.4, -0.2) is 31.1 Å². The second kappa shape index (κ2) is 6.95. The van der Waals surface area contributed by atoms with Crippen LogP contribution < -0.4 is 5.32 Å². The van der Waals surface area contributed by atoms with Gasteiger partial charge in [0.25, 0.3) is 0 Å². The number of nitrogens with zero attached hydrogens (tertiary/aromatic N) is 1. The van der Waals surface area contributed by atoms with Crippen molar-refractivity contribution in [2.45, 2.75) is 39.7 Å². The maximum Gasteiger partial charge on any atom is 0.117 e. The fourth-order valence-electron chi connectivity index (χ4n) is 2.44. The molecule has 0 atom stereocenters. The number of hydrogen-bond donors (Lipinski definition) is 1. The molecule has 0 saturated carbocycles. The van der Waals surface area contributed by atoms with Crippen LogP contribution in [0.1, 0.15) is 38.2 Å². The third kappa shape index (κ3) is 4.14. The summed E-state index contributed by atoms with van der Waals surface area (Å²) in [7, 11) is 0. The lowest BCUT2D eigenvalue weighted by Crippen LogP contribution is -2.37. The lowest BCUT2D eigenvalue weighted by atomic mass is 9.99. The maximum atomic E-state index is 5.66. The third-order valence-corrected chi connectivity index (χ3v) is 3.85. The molecule has 1 fully saturated rings. The van der Waals surface area contributed by atoms with E-state index < -0.39 is 0 Å². The molecule has 0 bridgehead atoms. The van der Waals surface area contributed by atoms with Gasteiger partial charge in [-0.05, 0) is 44.0 Å². The summed E-state index contributed by atoms with van der Waals surface area (Å²) in [6.07, 6.45) is 3.70. The van der Waals surface area contributed by atoms with E-state index in [1.54, 1.807) is 0 Å². The lowest BCUT2D eigenvalue weighted by Gasteiger charge is -2.30. The second-order valence-corrected chi connectivity index (χ2v) is 5.42. The highest BCUT2D eigenvalue weighted by atomic mass is 16.3. The molecule has 3 heteroatoms. The second-order valence-electron chi connectivity index (χ2n) is 5.42. The molecule has 3 nitrogen and oxygen atoms in total. The highest BCUT2D eigenvalue weighted by Gasteiger charge is 2.14. The van der Waals surface area contributed by atoms with Crippen LogP contribution in [0.4, 0.5) is 0 Å². The molecule has 1 aromatic rings. The zero-order chi connectivity index (χ0) is 12.8. The summed E-state index contributed by atoms with van der Waals surface area (Å²) in [5.41, 5.74) is 0. The summed E-state index contributed by atoms with van der Waals surface area (Å²) in [6, 6.07) is 4.15. The Balaban J connectivity index is 1.58. The van der Waals surface area contributed by atoms with Crippen molar-refractivity contribution in [2.75, 3.05) is 26.2 Å². The molecule has 1 aromatic heterocycles. The zero-order valence-electron chi connectivity index (χ0n) is 11.7. The number of likely N-dealkylation sites (tertiary alicyclic amines) is 1. The largest absolute Gasteiger partial charge is 0.465 e. The van der Waals surface area contributed by atoms with E-state index in [0.29, 0.717) is 0 Å². The number of hydrogen-bond acceptors (Lipinski definition) is 3. The van der Waals surface area contributed by atoms with Gasteiger partial charge in [0.2, 0.25) is 0 Å². The molecule has 0 aromatic carbocycles. The van der Waals surface area contributed by atoms with E-state index in [0.717, 1.165) is 43.5 Å². The zero-order valence-corrected chi connectivity index (χ0v) is 11.7. The minimum absolute atomic E-state index is 0.851. The molecule has 0 radical (unpaired) electrons. The predicted molar refractivity (Wildman–Crippen MR) is 74.6 cm³/mol. The molecule has 0 unspecified atom stereocenters. The molecule has 102 valence electrons. The Hall–Kier alpha value is -0.800. The van der Waals surface area contributed by atoms with Crippen molar-refractivity contribution in [3.8, 4) is 0 Å². The highest BCUT2D eigenvalue weighted by Crippen LogP contribution is 2.15. The van der Waals surface area contributed by atoms with Gasteiger partial charge in [0, 0.05) is 19.5 Å². The molecule has 0 spiro atoms. The van der Waals surface area contributed by atoms with Crippen molar-refractivity contribution in [3.63, 3.8) is 0 Å². The van der Waals surface area contributed by atoms with E-state index in [1.165, 1.54) is 25.9 Å². The Labute approximate surface area is 111 Å². The summed E-state index contributed by atoms with van der Waals surface area (Å²) in [5.74, 6) is 3.06. The van der Waals surface area contributed by atoms with E-state index in [4.69, 9.17) is 4.42 Å². The molecule has 18 heavy (non-hydrogen) atoms. The van der Waals surface area contributed by atoms with E-state index in [1.807, 2.05) is 0 Å². The maximum absolute atomic E-state index is 5.66. The fourth-order valence-corrected chi connectivity index (χ4v) is 2.44. The Bertz CT molecular complexity index is 340. The normalized spacial score (nSPS) is 18.3. The van der Waals surface area contributed by atoms with Crippen molar-refractivity contribution in [1.29, 1.82) is 0 Å². The van der Waals surface area contributed by atoms with Crippen LogP contribution in [0.2, 0.25) is 0 Å². The van der Waals surface area contributed by atoms with Crippen LogP contribution in [0.3, 0.4) is 0 Å². The number of piperidine rings is 1. The topological polar surface area (TPSA) is 28.4 Å². The van der Waals surface area contributed by atoms with Gasteiger partial charge in [-0.2, -0.15) is 0 Å². The molecule has 2 rings (SSSR count). The van der Waals surface area contributed by atoms with Gasteiger partial charge in [-0.3, -0.25) is 0 Å². The molecule has 1 saturated heterocycles. The summed E-state index contributed by atoms with van der Waals surface area (Å²) in [4.78, 5) is 2.56. The average molecular weight is 250 g/mol. The summed E-state index contributed by atoms with van der Waals surface area (Å²) >= 11 is 0. The van der Waals surface area contributed by atoms with E-state index in [-0.39, 0.29) is 0 Å². The van der Waals surface area contributed by atoms with Crippen LogP contribution in [0, 0.1) is 5.92 Å². The van der Waals surface area contributed by atoms with Crippen LogP contribution in [0.15, 0.2) is 16.5 Å². The molecule has 1 aliphatic rings. The first-order valence-corrected chi connectivity index (χ1v) is 7.28. The number of rotatable bonds is 6. The SMILES string of the molecule is CCc1ccc(CNCCN2CCC(C)CC2)o1. The van der Waals surface area contributed by atoms with E-state index >= 15 is 0 Å². The molecule has 0 amide bonds. The van der Waals surface area contributed by atoms with Crippen molar-refractivity contribution in [1.82, 2.24) is 10.2 Å². The molecular formula is C15H26N2O. The van der Waals surface area contributed by atoms with Crippen molar-refractivity contribution < 1.29 is 4.42 Å². The Morgan fingerprint density at radius 2 is 2.00 bits per heavy atom. The van der Waals surface area contributed by atoms with Crippen LogP contribution >= 0.6 is 0 Å². The van der Waals surface area contributed by atoms with Gasteiger partial charge in [0.05, 0.1) is 6.54 Å². The van der Waals surface area contributed by atoms with Crippen molar-refractivity contribution >= 4 is 0 Å². The van der Waals surface area contributed by atoms with Crippen LogP contribution in [-0.2, 0) is 13.0 Å². The van der Waals surface area contributed by atoms with Gasteiger partial charge in [-0.25, -0.2) is 0 Å². The quantitative estimate of drug-likeness (QED) is 0.787. The number of nitrogens with one attached hydrogen (secondary N) is 1. The first-order valence-electron chi connectivity index (χ1n) is 7.28. The number of furan rings is 1. The minimum atomic E-state index is 0.851. The van der Waals surface area contributed by atoms with Crippen LogP contribution in [0.5, 0.6) is 0 Å². The lowest BCUT2D eigenvalue weighted by molar-refractivity contribution is 0.192. The average Bonchev–Trinajstić information content (AvgIpc) is 2.85. The first-order chi connectivity index (χ1) is 8.78. The van der Waals surface area contributed by atoms with Gasteiger partial charge in [0.1, 0.15) is 11.5 Å². The molecular weight excluding hydrogens is 224 g/mol. The van der Waals surface area contributed by atoms with Crippen LogP contribution in [0.25, 0.3) is 0 Å². The highest BCUT2D eigenvalue weighted by molar-refractivity contribution is 5.06. The smallest absolute Gasteiger partial charge is 0.117 e. The van der Waals surface area contributed by atoms with E-state index in [9.17, 15) is 0 Å². The summed E-state index contributed by atoms with van der Waals surface area (Å²) < 4.78 is 5.66. The summed E-state index contributed by atoms with van der Waals surface area (Å²) in [5, 5.41) is 3.46. The van der Waals surface area contributed by atoms with Crippen molar-refractivity contribution in [3.05, 3.63) is 23.7 Å². The Kier molecular flexibility index (Phi) is 5.26. The van der Waals surface area contributed by atoms with Gasteiger partial charge < -0.3 is 14.6 Å².